The van der Waals surface area contributed by atoms with Crippen molar-refractivity contribution in [3.05, 3.63) is 34.3 Å². The molecular formula is C13H17BrN2O2. The quantitative estimate of drug-likeness (QED) is 0.939. The molecule has 0 atom stereocenters. The lowest BCUT2D eigenvalue weighted by Crippen LogP contribution is -2.19. The average molecular weight is 313 g/mol. The van der Waals surface area contributed by atoms with Crippen molar-refractivity contribution in [3.8, 4) is 0 Å². The van der Waals surface area contributed by atoms with Crippen LogP contribution in [0.5, 0.6) is 0 Å². The number of nitrogens with zero attached hydrogens (tertiary/aromatic N) is 1. The Morgan fingerprint density at radius 3 is 2.94 bits per heavy atom. The molecule has 1 saturated carbocycles. The van der Waals surface area contributed by atoms with Crippen LogP contribution in [0.4, 0.5) is 0 Å². The fourth-order valence-corrected chi connectivity index (χ4v) is 2.04. The van der Waals surface area contributed by atoms with Gasteiger partial charge in [-0.25, -0.2) is 4.79 Å². The zero-order chi connectivity index (χ0) is 11.8. The van der Waals surface area contributed by atoms with E-state index in [9.17, 15) is 4.79 Å². The molecule has 18 heavy (non-hydrogen) atoms. The second-order valence-electron chi connectivity index (χ2n) is 4.71. The van der Waals surface area contributed by atoms with Crippen molar-refractivity contribution in [3.63, 3.8) is 0 Å². The van der Waals surface area contributed by atoms with Gasteiger partial charge in [0.2, 0.25) is 0 Å². The van der Waals surface area contributed by atoms with Crippen LogP contribution in [0, 0.1) is 0 Å². The van der Waals surface area contributed by atoms with Crippen molar-refractivity contribution in [2.24, 2.45) is 7.05 Å². The van der Waals surface area contributed by atoms with Crippen LogP contribution >= 0.6 is 17.0 Å². The number of aromatic nitrogens is 1. The van der Waals surface area contributed by atoms with Gasteiger partial charge in [0.15, 0.2) is 5.58 Å². The van der Waals surface area contributed by atoms with Gasteiger partial charge in [0.05, 0.1) is 5.52 Å². The van der Waals surface area contributed by atoms with E-state index in [1.807, 2.05) is 12.1 Å². The first kappa shape index (κ1) is 13.4. The molecule has 1 aromatic carbocycles. The van der Waals surface area contributed by atoms with Gasteiger partial charge in [-0.1, -0.05) is 6.07 Å². The van der Waals surface area contributed by atoms with Crippen molar-refractivity contribution >= 4 is 28.1 Å². The molecule has 5 heteroatoms. The standard InChI is InChI=1S/C13H16N2O2.BrH/c1-15-11-5-2-9(6-7-14-10-3-4-10)8-12(11)17-13(15)16;/h2,5,8,10,14H,3-4,6-7H2,1H3;1H. The molecule has 1 heterocycles. The zero-order valence-corrected chi connectivity index (χ0v) is 12.0. The number of aryl methyl sites for hydroxylation is 1. The highest BCUT2D eigenvalue weighted by molar-refractivity contribution is 8.93. The third-order valence-corrected chi connectivity index (χ3v) is 3.28. The van der Waals surface area contributed by atoms with E-state index in [-0.39, 0.29) is 22.7 Å². The highest BCUT2D eigenvalue weighted by Crippen LogP contribution is 2.19. The van der Waals surface area contributed by atoms with Gasteiger partial charge in [0.25, 0.3) is 0 Å². The van der Waals surface area contributed by atoms with Gasteiger partial charge in [-0.05, 0) is 43.5 Å². The summed E-state index contributed by atoms with van der Waals surface area (Å²) in [7, 11) is 1.72. The number of hydrogen-bond donors (Lipinski definition) is 1. The molecule has 1 N–H and O–H groups in total. The van der Waals surface area contributed by atoms with E-state index in [0.717, 1.165) is 24.5 Å². The van der Waals surface area contributed by atoms with Gasteiger partial charge in [0.1, 0.15) is 0 Å². The van der Waals surface area contributed by atoms with E-state index >= 15 is 0 Å². The largest absolute Gasteiger partial charge is 0.419 e. The minimum absolute atomic E-state index is 0. The molecular weight excluding hydrogens is 296 g/mol. The fraction of sp³-hybridized carbons (Fsp3) is 0.462. The van der Waals surface area contributed by atoms with E-state index in [1.54, 1.807) is 7.05 Å². The van der Waals surface area contributed by atoms with Crippen LogP contribution in [0.15, 0.2) is 27.4 Å². The summed E-state index contributed by atoms with van der Waals surface area (Å²) in [6, 6.07) is 6.72. The molecule has 4 nitrogen and oxygen atoms in total. The second-order valence-corrected chi connectivity index (χ2v) is 4.71. The molecule has 0 radical (unpaired) electrons. The van der Waals surface area contributed by atoms with Crippen molar-refractivity contribution in [2.75, 3.05) is 6.54 Å². The van der Waals surface area contributed by atoms with Crippen LogP contribution in [-0.4, -0.2) is 17.2 Å². The summed E-state index contributed by atoms with van der Waals surface area (Å²) in [6.45, 7) is 0.993. The lowest BCUT2D eigenvalue weighted by atomic mass is 10.1. The minimum atomic E-state index is -0.298. The molecule has 0 spiro atoms. The zero-order valence-electron chi connectivity index (χ0n) is 10.3. The number of fused-ring (bicyclic) bond motifs is 1. The number of halogens is 1. The van der Waals surface area contributed by atoms with E-state index in [4.69, 9.17) is 4.42 Å². The van der Waals surface area contributed by atoms with E-state index < -0.39 is 0 Å². The van der Waals surface area contributed by atoms with Crippen LogP contribution in [0.3, 0.4) is 0 Å². The van der Waals surface area contributed by atoms with E-state index in [1.165, 1.54) is 23.0 Å². The molecule has 0 aliphatic heterocycles. The average Bonchev–Trinajstić information content (AvgIpc) is 3.08. The maximum atomic E-state index is 11.3. The molecule has 0 bridgehead atoms. The first-order valence-corrected chi connectivity index (χ1v) is 6.06. The molecule has 98 valence electrons. The Balaban J connectivity index is 0.00000120. The number of hydrogen-bond acceptors (Lipinski definition) is 3. The van der Waals surface area contributed by atoms with Gasteiger partial charge >= 0.3 is 5.76 Å². The Bertz CT molecular complexity index is 599. The Morgan fingerprint density at radius 2 is 2.22 bits per heavy atom. The van der Waals surface area contributed by atoms with Crippen LogP contribution in [0.2, 0.25) is 0 Å². The Kier molecular flexibility index (Phi) is 3.92. The molecule has 1 aliphatic rings. The monoisotopic (exact) mass is 312 g/mol. The van der Waals surface area contributed by atoms with Crippen LogP contribution in [0.1, 0.15) is 18.4 Å². The number of oxazole rings is 1. The molecule has 1 aromatic heterocycles. The van der Waals surface area contributed by atoms with Crippen LogP contribution in [0.25, 0.3) is 11.1 Å². The summed E-state index contributed by atoms with van der Waals surface area (Å²) in [4.78, 5) is 11.3. The van der Waals surface area contributed by atoms with Crippen molar-refractivity contribution in [2.45, 2.75) is 25.3 Å². The predicted molar refractivity (Wildman–Crippen MR) is 76.5 cm³/mol. The Labute approximate surface area is 116 Å². The molecule has 1 aliphatic carbocycles. The summed E-state index contributed by atoms with van der Waals surface area (Å²) in [5.41, 5.74) is 2.75. The maximum Gasteiger partial charge on any atom is 0.419 e. The Morgan fingerprint density at radius 1 is 1.44 bits per heavy atom. The summed E-state index contributed by atoms with van der Waals surface area (Å²) < 4.78 is 6.70. The summed E-state index contributed by atoms with van der Waals surface area (Å²) >= 11 is 0. The first-order valence-electron chi connectivity index (χ1n) is 6.06. The highest BCUT2D eigenvalue weighted by Gasteiger charge is 2.19. The van der Waals surface area contributed by atoms with E-state index in [2.05, 4.69) is 11.4 Å². The highest BCUT2D eigenvalue weighted by atomic mass is 79.9. The van der Waals surface area contributed by atoms with E-state index in [0.29, 0.717) is 5.58 Å². The minimum Gasteiger partial charge on any atom is -0.408 e. The summed E-state index contributed by atoms with van der Waals surface area (Å²) in [5.74, 6) is -0.298. The third-order valence-electron chi connectivity index (χ3n) is 3.28. The molecule has 1 fully saturated rings. The summed E-state index contributed by atoms with van der Waals surface area (Å²) in [6.07, 6.45) is 3.60. The molecule has 3 rings (SSSR count). The van der Waals surface area contributed by atoms with Gasteiger partial charge in [-0.2, -0.15) is 0 Å². The molecule has 0 amide bonds. The van der Waals surface area contributed by atoms with Crippen molar-refractivity contribution in [1.29, 1.82) is 0 Å². The Hall–Kier alpha value is -1.07. The molecule has 0 saturated heterocycles. The van der Waals surface area contributed by atoms with Crippen molar-refractivity contribution < 1.29 is 4.42 Å². The lowest BCUT2D eigenvalue weighted by Gasteiger charge is -2.02. The SMILES string of the molecule is Br.Cn1c(=O)oc2cc(CCNC3CC3)ccc21. The predicted octanol–water partition coefficient (Wildman–Crippen LogP) is 2.00. The number of rotatable bonds is 4. The second kappa shape index (κ2) is 5.28. The number of nitrogens with one attached hydrogen (secondary N) is 1. The molecule has 2 aromatic rings. The van der Waals surface area contributed by atoms with Crippen molar-refractivity contribution in [1.82, 2.24) is 9.88 Å². The van der Waals surface area contributed by atoms with Gasteiger partial charge in [0, 0.05) is 13.1 Å². The van der Waals surface area contributed by atoms with Gasteiger partial charge < -0.3 is 9.73 Å². The van der Waals surface area contributed by atoms with Gasteiger partial charge in [-0.3, -0.25) is 4.57 Å². The normalized spacial score (nSPS) is 14.7. The first-order chi connectivity index (χ1) is 8.24. The fourth-order valence-electron chi connectivity index (χ4n) is 2.04. The summed E-state index contributed by atoms with van der Waals surface area (Å²) in [5, 5.41) is 3.47. The van der Waals surface area contributed by atoms with Gasteiger partial charge in [-0.15, -0.1) is 17.0 Å². The lowest BCUT2D eigenvalue weighted by molar-refractivity contribution is 0.527. The van der Waals surface area contributed by atoms with Crippen LogP contribution in [-0.2, 0) is 13.5 Å². The van der Waals surface area contributed by atoms with Crippen LogP contribution < -0.4 is 11.1 Å². The molecule has 0 unspecified atom stereocenters. The maximum absolute atomic E-state index is 11.3. The topological polar surface area (TPSA) is 47.2 Å². The number of benzene rings is 1. The third kappa shape index (κ3) is 2.67. The smallest absolute Gasteiger partial charge is 0.408 e.